The first-order valence-electron chi connectivity index (χ1n) is 4.75. The first kappa shape index (κ1) is 14.1. The summed E-state index contributed by atoms with van der Waals surface area (Å²) >= 11 is 0. The van der Waals surface area contributed by atoms with E-state index in [9.17, 15) is 9.67 Å². The zero-order valence-electron chi connectivity index (χ0n) is 9.61. The van der Waals surface area contributed by atoms with E-state index in [2.05, 4.69) is 0 Å². The summed E-state index contributed by atoms with van der Waals surface area (Å²) in [5.74, 6) is 0. The lowest BCUT2D eigenvalue weighted by Crippen LogP contribution is -2.21. The molecule has 2 unspecified atom stereocenters. The summed E-state index contributed by atoms with van der Waals surface area (Å²) in [6, 6.07) is 0. The van der Waals surface area contributed by atoms with Crippen molar-refractivity contribution in [3.63, 3.8) is 0 Å². The molecular weight excluding hydrogens is 203 g/mol. The molecule has 0 aromatic rings. The zero-order valence-corrected chi connectivity index (χ0v) is 10.5. The molecule has 5 heteroatoms. The molecule has 0 aromatic carbocycles. The van der Waals surface area contributed by atoms with E-state index in [4.69, 9.17) is 9.05 Å². The Morgan fingerprint density at radius 2 is 1.93 bits per heavy atom. The van der Waals surface area contributed by atoms with E-state index >= 15 is 0 Å². The molecule has 0 aliphatic rings. The SMILES string of the molecule is CCC(O)COP(=O)(OC)C(C)(C)C. The van der Waals surface area contributed by atoms with E-state index in [0.717, 1.165) is 0 Å². The molecule has 86 valence electrons. The van der Waals surface area contributed by atoms with E-state index in [1.165, 1.54) is 7.11 Å². The average molecular weight is 224 g/mol. The fourth-order valence-electron chi connectivity index (χ4n) is 0.822. The van der Waals surface area contributed by atoms with Gasteiger partial charge in [0.25, 0.3) is 0 Å². The summed E-state index contributed by atoms with van der Waals surface area (Å²) in [5, 5.41) is 8.72. The van der Waals surface area contributed by atoms with Gasteiger partial charge >= 0.3 is 7.60 Å². The predicted octanol–water partition coefficient (Wildman–Crippen LogP) is 2.41. The summed E-state index contributed by atoms with van der Waals surface area (Å²) in [4.78, 5) is 0. The molecule has 0 aromatic heterocycles. The minimum absolute atomic E-state index is 0.0545. The van der Waals surface area contributed by atoms with Crippen LogP contribution in [0.15, 0.2) is 0 Å². The second-order valence-corrected chi connectivity index (χ2v) is 7.17. The topological polar surface area (TPSA) is 55.8 Å². The van der Waals surface area contributed by atoms with Crippen LogP contribution in [0.25, 0.3) is 0 Å². The quantitative estimate of drug-likeness (QED) is 0.728. The number of aliphatic hydroxyl groups is 1. The Bertz CT molecular complexity index is 209. The van der Waals surface area contributed by atoms with Gasteiger partial charge in [-0.25, -0.2) is 0 Å². The molecule has 2 atom stereocenters. The zero-order chi connectivity index (χ0) is 11.4. The number of rotatable bonds is 5. The number of hydrogen-bond acceptors (Lipinski definition) is 4. The van der Waals surface area contributed by atoms with Crippen molar-refractivity contribution in [3.05, 3.63) is 0 Å². The van der Waals surface area contributed by atoms with Gasteiger partial charge in [0.05, 0.1) is 17.9 Å². The standard InChI is InChI=1S/C9H21O4P/c1-6-8(10)7-13-14(11,12-5)9(2,3)4/h8,10H,6-7H2,1-5H3. The monoisotopic (exact) mass is 224 g/mol. The molecule has 0 aliphatic carbocycles. The van der Waals surface area contributed by atoms with Crippen molar-refractivity contribution in [1.29, 1.82) is 0 Å². The highest BCUT2D eigenvalue weighted by Crippen LogP contribution is 2.58. The highest BCUT2D eigenvalue weighted by atomic mass is 31.2. The Morgan fingerprint density at radius 1 is 1.43 bits per heavy atom. The Hall–Kier alpha value is 0.110. The first-order valence-corrected chi connectivity index (χ1v) is 6.29. The van der Waals surface area contributed by atoms with Gasteiger partial charge in [-0.15, -0.1) is 0 Å². The molecule has 0 heterocycles. The van der Waals surface area contributed by atoms with Gasteiger partial charge in [-0.2, -0.15) is 0 Å². The van der Waals surface area contributed by atoms with Crippen LogP contribution >= 0.6 is 7.60 Å². The van der Waals surface area contributed by atoms with Crippen LogP contribution in [-0.2, 0) is 13.6 Å². The molecule has 0 rings (SSSR count). The van der Waals surface area contributed by atoms with Gasteiger partial charge in [0.15, 0.2) is 0 Å². The van der Waals surface area contributed by atoms with Crippen LogP contribution in [0.2, 0.25) is 0 Å². The summed E-state index contributed by atoms with van der Waals surface area (Å²) in [6.07, 6.45) is -0.00533. The third-order valence-electron chi connectivity index (χ3n) is 1.97. The Morgan fingerprint density at radius 3 is 2.21 bits per heavy atom. The fraction of sp³-hybridized carbons (Fsp3) is 1.00. The van der Waals surface area contributed by atoms with Crippen LogP contribution in [0.3, 0.4) is 0 Å². The van der Waals surface area contributed by atoms with E-state index in [0.29, 0.717) is 6.42 Å². The van der Waals surface area contributed by atoms with E-state index in [-0.39, 0.29) is 6.61 Å². The molecule has 0 fully saturated rings. The normalized spacial score (nSPS) is 19.0. The van der Waals surface area contributed by atoms with E-state index in [1.54, 1.807) is 20.8 Å². The maximum absolute atomic E-state index is 12.1. The van der Waals surface area contributed by atoms with Crippen molar-refractivity contribution in [2.45, 2.75) is 45.4 Å². The molecule has 0 saturated carbocycles. The molecule has 0 radical (unpaired) electrons. The minimum Gasteiger partial charge on any atom is -0.391 e. The molecule has 0 bridgehead atoms. The van der Waals surface area contributed by atoms with Crippen LogP contribution in [0, 0.1) is 0 Å². The third-order valence-corrected chi connectivity index (χ3v) is 4.58. The Balaban J connectivity index is 4.36. The van der Waals surface area contributed by atoms with Crippen molar-refractivity contribution < 1.29 is 18.7 Å². The van der Waals surface area contributed by atoms with Crippen LogP contribution in [0.1, 0.15) is 34.1 Å². The van der Waals surface area contributed by atoms with Gasteiger partial charge in [0.1, 0.15) is 0 Å². The van der Waals surface area contributed by atoms with Crippen molar-refractivity contribution in [2.75, 3.05) is 13.7 Å². The van der Waals surface area contributed by atoms with Crippen molar-refractivity contribution in [2.24, 2.45) is 0 Å². The van der Waals surface area contributed by atoms with Crippen LogP contribution in [0.5, 0.6) is 0 Å². The first-order chi connectivity index (χ1) is 6.27. The maximum atomic E-state index is 12.1. The second kappa shape index (κ2) is 5.26. The Kier molecular flexibility index (Phi) is 5.31. The van der Waals surface area contributed by atoms with Crippen molar-refractivity contribution >= 4 is 7.60 Å². The van der Waals surface area contributed by atoms with E-state index < -0.39 is 18.9 Å². The lowest BCUT2D eigenvalue weighted by Gasteiger charge is -2.29. The summed E-state index contributed by atoms with van der Waals surface area (Å²) in [7, 11) is -1.75. The van der Waals surface area contributed by atoms with E-state index in [1.807, 2.05) is 6.92 Å². The van der Waals surface area contributed by atoms with Crippen LogP contribution in [0.4, 0.5) is 0 Å². The molecule has 1 N–H and O–H groups in total. The number of hydrogen-bond donors (Lipinski definition) is 1. The van der Waals surface area contributed by atoms with Crippen molar-refractivity contribution in [1.82, 2.24) is 0 Å². The van der Waals surface area contributed by atoms with Gasteiger partial charge in [-0.1, -0.05) is 6.92 Å². The van der Waals surface area contributed by atoms with Gasteiger partial charge in [-0.3, -0.25) is 4.57 Å². The lowest BCUT2D eigenvalue weighted by molar-refractivity contribution is 0.0897. The molecular formula is C9H21O4P. The molecule has 0 spiro atoms. The Labute approximate surface area is 86.1 Å². The van der Waals surface area contributed by atoms with Gasteiger partial charge in [-0.05, 0) is 27.2 Å². The summed E-state index contributed by atoms with van der Waals surface area (Å²) in [6.45, 7) is 7.25. The van der Waals surface area contributed by atoms with Crippen molar-refractivity contribution in [3.8, 4) is 0 Å². The van der Waals surface area contributed by atoms with Gasteiger partial charge in [0.2, 0.25) is 0 Å². The summed E-state index contributed by atoms with van der Waals surface area (Å²) < 4.78 is 22.2. The van der Waals surface area contributed by atoms with Crippen LogP contribution in [-0.4, -0.2) is 30.1 Å². The van der Waals surface area contributed by atoms with Gasteiger partial charge in [0, 0.05) is 7.11 Å². The average Bonchev–Trinajstić information content (AvgIpc) is 2.11. The summed E-state index contributed by atoms with van der Waals surface area (Å²) in [5.41, 5.74) is 0. The van der Waals surface area contributed by atoms with Crippen LogP contribution < -0.4 is 0 Å². The molecule has 0 saturated heterocycles. The third kappa shape index (κ3) is 3.70. The predicted molar refractivity (Wildman–Crippen MR) is 56.6 cm³/mol. The molecule has 14 heavy (non-hydrogen) atoms. The molecule has 4 nitrogen and oxygen atoms in total. The highest BCUT2D eigenvalue weighted by molar-refractivity contribution is 7.55. The number of aliphatic hydroxyl groups excluding tert-OH is 1. The minimum atomic E-state index is -3.11. The molecule has 0 aliphatic heterocycles. The maximum Gasteiger partial charge on any atom is 0.335 e. The smallest absolute Gasteiger partial charge is 0.335 e. The fourth-order valence-corrected chi connectivity index (χ4v) is 2.23. The highest BCUT2D eigenvalue weighted by Gasteiger charge is 2.38. The second-order valence-electron chi connectivity index (χ2n) is 4.21. The molecule has 0 amide bonds. The lowest BCUT2D eigenvalue weighted by atomic mass is 10.3. The van der Waals surface area contributed by atoms with Gasteiger partial charge < -0.3 is 14.2 Å². The largest absolute Gasteiger partial charge is 0.391 e.